The Bertz CT molecular complexity index is 482. The van der Waals surface area contributed by atoms with Crippen molar-refractivity contribution in [2.24, 2.45) is 11.5 Å². The van der Waals surface area contributed by atoms with Gasteiger partial charge in [0.25, 0.3) is 0 Å². The SMILES string of the molecule is CN(CCCN)CCCN.C[C@@H](Oc1ccc(Cl)cc1Cl)C(=O)O. The Labute approximate surface area is 153 Å². The average molecular weight is 380 g/mol. The van der Waals surface area contributed by atoms with E-state index in [4.69, 9.17) is 44.5 Å². The predicted molar refractivity (Wildman–Crippen MR) is 99.0 cm³/mol. The van der Waals surface area contributed by atoms with Gasteiger partial charge in [-0.1, -0.05) is 23.2 Å². The van der Waals surface area contributed by atoms with E-state index < -0.39 is 12.1 Å². The Balaban J connectivity index is 0.000000470. The summed E-state index contributed by atoms with van der Waals surface area (Å²) in [4.78, 5) is 12.8. The summed E-state index contributed by atoms with van der Waals surface area (Å²) in [6, 6.07) is 4.61. The van der Waals surface area contributed by atoms with Crippen molar-refractivity contribution < 1.29 is 14.6 Å². The van der Waals surface area contributed by atoms with Crippen LogP contribution in [0.1, 0.15) is 19.8 Å². The molecule has 0 spiro atoms. The molecule has 0 bridgehead atoms. The highest BCUT2D eigenvalue weighted by atomic mass is 35.5. The van der Waals surface area contributed by atoms with Crippen LogP contribution in [0.2, 0.25) is 10.0 Å². The van der Waals surface area contributed by atoms with Gasteiger partial charge < -0.3 is 26.2 Å². The molecule has 1 rings (SSSR count). The van der Waals surface area contributed by atoms with Crippen LogP contribution in [-0.2, 0) is 4.79 Å². The molecule has 0 fully saturated rings. The van der Waals surface area contributed by atoms with Crippen LogP contribution in [0.15, 0.2) is 18.2 Å². The number of nitrogens with zero attached hydrogens (tertiary/aromatic N) is 1. The van der Waals surface area contributed by atoms with E-state index in [2.05, 4.69) is 11.9 Å². The molecule has 0 aliphatic carbocycles. The number of carboxylic acids is 1. The van der Waals surface area contributed by atoms with Gasteiger partial charge in [-0.05, 0) is 71.2 Å². The molecule has 0 radical (unpaired) electrons. The van der Waals surface area contributed by atoms with Crippen molar-refractivity contribution in [2.45, 2.75) is 25.9 Å². The fourth-order valence-corrected chi connectivity index (χ4v) is 2.10. The lowest BCUT2D eigenvalue weighted by molar-refractivity contribution is -0.144. The Morgan fingerprint density at radius 1 is 1.25 bits per heavy atom. The summed E-state index contributed by atoms with van der Waals surface area (Å²) in [6.45, 7) is 5.18. The van der Waals surface area contributed by atoms with E-state index in [1.165, 1.54) is 19.1 Å². The van der Waals surface area contributed by atoms with E-state index in [0.717, 1.165) is 39.0 Å². The van der Waals surface area contributed by atoms with Crippen molar-refractivity contribution >= 4 is 29.2 Å². The second kappa shape index (κ2) is 13.3. The van der Waals surface area contributed by atoms with Crippen LogP contribution < -0.4 is 16.2 Å². The van der Waals surface area contributed by atoms with Crippen LogP contribution in [0.5, 0.6) is 5.75 Å². The molecule has 0 saturated carbocycles. The van der Waals surface area contributed by atoms with Gasteiger partial charge in [-0.25, -0.2) is 4.79 Å². The average Bonchev–Trinajstić information content (AvgIpc) is 2.53. The fourth-order valence-electron chi connectivity index (χ4n) is 1.65. The Hall–Kier alpha value is -1.05. The molecule has 0 heterocycles. The van der Waals surface area contributed by atoms with Crippen molar-refractivity contribution in [3.05, 3.63) is 28.2 Å². The molecule has 6 nitrogen and oxygen atoms in total. The van der Waals surface area contributed by atoms with Crippen LogP contribution in [0.4, 0.5) is 0 Å². The minimum atomic E-state index is -1.05. The zero-order chi connectivity index (χ0) is 18.5. The van der Waals surface area contributed by atoms with Gasteiger partial charge in [-0.2, -0.15) is 0 Å². The lowest BCUT2D eigenvalue weighted by Crippen LogP contribution is -2.24. The van der Waals surface area contributed by atoms with Crippen molar-refractivity contribution in [3.63, 3.8) is 0 Å². The molecule has 0 aliphatic heterocycles. The lowest BCUT2D eigenvalue weighted by Gasteiger charge is -2.14. The molecule has 24 heavy (non-hydrogen) atoms. The van der Waals surface area contributed by atoms with Gasteiger partial charge in [0.1, 0.15) is 5.75 Å². The van der Waals surface area contributed by atoms with Gasteiger partial charge in [0.15, 0.2) is 6.10 Å². The molecule has 0 aliphatic rings. The molecule has 0 aromatic heterocycles. The number of hydrogen-bond donors (Lipinski definition) is 3. The third-order valence-corrected chi connectivity index (χ3v) is 3.56. The summed E-state index contributed by atoms with van der Waals surface area (Å²) < 4.78 is 5.07. The van der Waals surface area contributed by atoms with E-state index in [-0.39, 0.29) is 0 Å². The highest BCUT2D eigenvalue weighted by Crippen LogP contribution is 2.28. The fraction of sp³-hybridized carbons (Fsp3) is 0.562. The standard InChI is InChI=1S/C9H8Cl2O3.C7H19N3/c1-5(9(12)13)14-8-3-2-6(10)4-7(8)11;1-10(6-2-4-8)7-3-5-9/h2-5H,1H3,(H,12,13);2-9H2,1H3/t5-;/m1./s1. The molecule has 0 amide bonds. The molecule has 138 valence electrons. The molecule has 1 aromatic carbocycles. The van der Waals surface area contributed by atoms with Crippen LogP contribution >= 0.6 is 23.2 Å². The lowest BCUT2D eigenvalue weighted by atomic mass is 10.3. The predicted octanol–water partition coefficient (Wildman–Crippen LogP) is 2.46. The highest BCUT2D eigenvalue weighted by molar-refractivity contribution is 6.35. The van der Waals surface area contributed by atoms with Gasteiger partial charge in [0.05, 0.1) is 5.02 Å². The summed E-state index contributed by atoms with van der Waals surface area (Å²) in [6.07, 6.45) is 1.23. The minimum Gasteiger partial charge on any atom is -0.479 e. The van der Waals surface area contributed by atoms with E-state index in [1.807, 2.05) is 0 Å². The first-order chi connectivity index (χ1) is 11.3. The number of hydrogen-bond acceptors (Lipinski definition) is 5. The molecular weight excluding hydrogens is 353 g/mol. The van der Waals surface area contributed by atoms with Crippen LogP contribution in [0.3, 0.4) is 0 Å². The maximum atomic E-state index is 10.5. The number of benzene rings is 1. The third kappa shape index (κ3) is 10.7. The number of rotatable bonds is 9. The summed E-state index contributed by atoms with van der Waals surface area (Å²) in [5.74, 6) is -0.734. The van der Waals surface area contributed by atoms with Gasteiger partial charge >= 0.3 is 5.97 Å². The topological polar surface area (TPSA) is 102 Å². The number of carboxylic acid groups (broad SMARTS) is 1. The normalized spacial score (nSPS) is 11.6. The summed E-state index contributed by atoms with van der Waals surface area (Å²) in [7, 11) is 2.10. The molecule has 1 atom stereocenters. The van der Waals surface area contributed by atoms with Gasteiger partial charge in [-0.3, -0.25) is 0 Å². The number of halogens is 2. The summed E-state index contributed by atoms with van der Waals surface area (Å²) in [5.41, 5.74) is 10.7. The van der Waals surface area contributed by atoms with Crippen LogP contribution in [-0.4, -0.2) is 55.3 Å². The van der Waals surface area contributed by atoms with Crippen molar-refractivity contribution in [3.8, 4) is 5.75 Å². The third-order valence-electron chi connectivity index (χ3n) is 3.03. The minimum absolute atomic E-state index is 0.297. The Morgan fingerprint density at radius 3 is 2.21 bits per heavy atom. The molecule has 8 heteroatoms. The molecule has 1 aromatic rings. The first-order valence-corrected chi connectivity index (χ1v) is 8.50. The Morgan fingerprint density at radius 2 is 1.79 bits per heavy atom. The molecule has 5 N–H and O–H groups in total. The van der Waals surface area contributed by atoms with E-state index in [0.29, 0.717) is 15.8 Å². The Kier molecular flexibility index (Phi) is 12.7. The molecule has 0 unspecified atom stereocenters. The van der Waals surface area contributed by atoms with Gasteiger partial charge in [0, 0.05) is 5.02 Å². The van der Waals surface area contributed by atoms with E-state index in [9.17, 15) is 4.79 Å². The quantitative estimate of drug-likeness (QED) is 0.608. The van der Waals surface area contributed by atoms with Crippen molar-refractivity contribution in [2.75, 3.05) is 33.2 Å². The van der Waals surface area contributed by atoms with E-state index in [1.54, 1.807) is 6.07 Å². The zero-order valence-electron chi connectivity index (χ0n) is 14.2. The van der Waals surface area contributed by atoms with Crippen LogP contribution in [0.25, 0.3) is 0 Å². The maximum absolute atomic E-state index is 10.5. The summed E-state index contributed by atoms with van der Waals surface area (Å²) >= 11 is 11.4. The number of carbonyl (C=O) groups is 1. The van der Waals surface area contributed by atoms with E-state index >= 15 is 0 Å². The largest absolute Gasteiger partial charge is 0.479 e. The molecule has 0 saturated heterocycles. The second-order valence-electron chi connectivity index (χ2n) is 5.26. The zero-order valence-corrected chi connectivity index (χ0v) is 15.7. The molecular formula is C16H27Cl2N3O3. The van der Waals surface area contributed by atoms with Crippen LogP contribution in [0, 0.1) is 0 Å². The monoisotopic (exact) mass is 379 g/mol. The number of aliphatic carboxylic acids is 1. The number of nitrogens with two attached hydrogens (primary N) is 2. The van der Waals surface area contributed by atoms with Crippen molar-refractivity contribution in [1.82, 2.24) is 4.90 Å². The number of ether oxygens (including phenoxy) is 1. The van der Waals surface area contributed by atoms with Gasteiger partial charge in [-0.15, -0.1) is 0 Å². The first kappa shape index (κ1) is 22.9. The first-order valence-electron chi connectivity index (χ1n) is 7.75. The smallest absolute Gasteiger partial charge is 0.344 e. The van der Waals surface area contributed by atoms with Crippen molar-refractivity contribution in [1.29, 1.82) is 0 Å². The highest BCUT2D eigenvalue weighted by Gasteiger charge is 2.14. The summed E-state index contributed by atoms with van der Waals surface area (Å²) in [5, 5.41) is 9.37. The maximum Gasteiger partial charge on any atom is 0.344 e. The van der Waals surface area contributed by atoms with Gasteiger partial charge in [0.2, 0.25) is 0 Å². The second-order valence-corrected chi connectivity index (χ2v) is 6.10.